The van der Waals surface area contributed by atoms with Crippen LogP contribution in [0.2, 0.25) is 0 Å². The van der Waals surface area contributed by atoms with Crippen molar-refractivity contribution >= 4 is 114 Å². The summed E-state index contributed by atoms with van der Waals surface area (Å²) in [6.07, 6.45) is 0. The number of aromatic nitrogens is 2. The van der Waals surface area contributed by atoms with Crippen LogP contribution in [0.4, 0.5) is 0 Å². The molecule has 1 aliphatic carbocycles. The van der Waals surface area contributed by atoms with Gasteiger partial charge >= 0.3 is 0 Å². The van der Waals surface area contributed by atoms with Crippen molar-refractivity contribution in [1.29, 1.82) is 0 Å². The fourth-order valence-electron chi connectivity index (χ4n) is 14.3. The number of hydrogen-bond acceptors (Lipinski definition) is 2. The molecule has 0 N–H and O–H groups in total. The van der Waals surface area contributed by atoms with Gasteiger partial charge in [0, 0.05) is 21.5 Å². The van der Waals surface area contributed by atoms with E-state index in [0.717, 1.165) is 48.7 Å². The summed E-state index contributed by atoms with van der Waals surface area (Å²) >= 11 is 0. The molecule has 342 valence electrons. The number of fused-ring (bicyclic) bond motifs is 10. The molecular weight excluding hydrogens is 909 g/mol. The lowest BCUT2D eigenvalue weighted by molar-refractivity contribution is 1.15. The minimum Gasteiger partial charge on any atom is -0.268 e. The molecule has 0 radical (unpaired) electrons. The first-order valence-corrected chi connectivity index (χ1v) is 25.9. The number of benzene rings is 15. The van der Waals surface area contributed by atoms with Gasteiger partial charge in [0.2, 0.25) is 0 Å². The van der Waals surface area contributed by atoms with E-state index in [1.807, 2.05) is 10.5 Å². The van der Waals surface area contributed by atoms with Crippen LogP contribution in [0.3, 0.4) is 0 Å². The Kier molecular flexibility index (Phi) is 7.48. The van der Waals surface area contributed by atoms with Gasteiger partial charge in [-0.3, -0.25) is 9.20 Å². The van der Waals surface area contributed by atoms with E-state index in [1.54, 1.807) is 0 Å². The number of pyridine rings is 1. The highest BCUT2D eigenvalue weighted by Crippen LogP contribution is 2.62. The van der Waals surface area contributed by atoms with Crippen molar-refractivity contribution < 1.29 is 0 Å². The van der Waals surface area contributed by atoms with Gasteiger partial charge in [-0.1, -0.05) is 206 Å². The molecule has 0 spiro atoms. The molecular formula is C72H38N2O. The minimum absolute atomic E-state index is 0.0368. The largest absolute Gasteiger partial charge is 0.268 e. The van der Waals surface area contributed by atoms with Gasteiger partial charge in [-0.2, -0.15) is 0 Å². The molecule has 2 heterocycles. The monoisotopic (exact) mass is 946 g/mol. The minimum atomic E-state index is -0.0368. The first kappa shape index (κ1) is 39.6. The van der Waals surface area contributed by atoms with Crippen molar-refractivity contribution in [3.8, 4) is 66.8 Å². The van der Waals surface area contributed by atoms with Crippen LogP contribution in [0.5, 0.6) is 0 Å². The van der Waals surface area contributed by atoms with Crippen LogP contribution in [0.15, 0.2) is 235 Å². The van der Waals surface area contributed by atoms with Crippen LogP contribution in [0.1, 0.15) is 0 Å². The van der Waals surface area contributed by atoms with Crippen molar-refractivity contribution in [2.45, 2.75) is 0 Å². The molecule has 15 aromatic carbocycles. The summed E-state index contributed by atoms with van der Waals surface area (Å²) in [5.41, 5.74) is 17.3. The lowest BCUT2D eigenvalue weighted by Gasteiger charge is -2.26. The molecule has 17 aromatic rings. The second kappa shape index (κ2) is 14.2. The zero-order valence-electron chi connectivity index (χ0n) is 40.2. The van der Waals surface area contributed by atoms with Gasteiger partial charge in [0.05, 0.1) is 11.0 Å². The second-order valence-corrected chi connectivity index (χ2v) is 20.7. The zero-order chi connectivity index (χ0) is 48.8. The summed E-state index contributed by atoms with van der Waals surface area (Å²) in [5.74, 6) is 0. The van der Waals surface area contributed by atoms with Crippen LogP contribution in [0.25, 0.3) is 180 Å². The molecule has 0 unspecified atom stereocenters. The summed E-state index contributed by atoms with van der Waals surface area (Å²) in [7, 11) is 0. The lowest BCUT2D eigenvalue weighted by atomic mass is 9.76. The Morgan fingerprint density at radius 2 is 0.613 bits per heavy atom. The summed E-state index contributed by atoms with van der Waals surface area (Å²) in [6.45, 7) is 0. The highest BCUT2D eigenvalue weighted by atomic mass is 16.1. The van der Waals surface area contributed by atoms with Crippen molar-refractivity contribution in [3.63, 3.8) is 0 Å². The third-order valence-corrected chi connectivity index (χ3v) is 17.1. The molecule has 0 saturated carbocycles. The maximum absolute atomic E-state index is 14.9. The van der Waals surface area contributed by atoms with Gasteiger partial charge in [-0.25, -0.2) is 4.98 Å². The average molecular weight is 947 g/mol. The van der Waals surface area contributed by atoms with Gasteiger partial charge in [0.15, 0.2) is 0 Å². The quantitative estimate of drug-likeness (QED) is 0.130. The van der Waals surface area contributed by atoms with Crippen LogP contribution >= 0.6 is 0 Å². The molecule has 0 atom stereocenters. The molecule has 3 heteroatoms. The van der Waals surface area contributed by atoms with Crippen LogP contribution in [0, 0.1) is 0 Å². The Hall–Kier alpha value is -9.96. The molecule has 3 nitrogen and oxygen atoms in total. The number of hydrogen-bond donors (Lipinski definition) is 0. The molecule has 0 fully saturated rings. The Morgan fingerprint density at radius 1 is 0.267 bits per heavy atom. The van der Waals surface area contributed by atoms with E-state index >= 15 is 0 Å². The first-order valence-electron chi connectivity index (χ1n) is 25.9. The zero-order valence-corrected chi connectivity index (χ0v) is 40.2. The molecule has 0 bridgehead atoms. The van der Waals surface area contributed by atoms with E-state index in [4.69, 9.17) is 4.98 Å². The van der Waals surface area contributed by atoms with Gasteiger partial charge in [-0.05, 0) is 166 Å². The Balaban J connectivity index is 0.964. The Bertz CT molecular complexity index is 5170. The van der Waals surface area contributed by atoms with Crippen molar-refractivity contribution in [2.24, 2.45) is 0 Å². The van der Waals surface area contributed by atoms with E-state index in [2.05, 4.69) is 224 Å². The Labute approximate surface area is 428 Å². The lowest BCUT2D eigenvalue weighted by Crippen LogP contribution is -2.16. The number of rotatable bonds is 4. The van der Waals surface area contributed by atoms with Gasteiger partial charge < -0.3 is 0 Å². The third-order valence-electron chi connectivity index (χ3n) is 17.1. The molecule has 0 amide bonds. The van der Waals surface area contributed by atoms with Gasteiger partial charge in [0.25, 0.3) is 5.56 Å². The second-order valence-electron chi connectivity index (χ2n) is 20.7. The van der Waals surface area contributed by atoms with E-state index < -0.39 is 0 Å². The van der Waals surface area contributed by atoms with Crippen molar-refractivity contribution in [1.82, 2.24) is 9.38 Å². The normalized spacial score (nSPS) is 12.6. The van der Waals surface area contributed by atoms with E-state index in [0.29, 0.717) is 11.0 Å². The maximum atomic E-state index is 14.9. The Morgan fingerprint density at radius 3 is 1.05 bits per heavy atom. The highest BCUT2D eigenvalue weighted by molar-refractivity contribution is 6.45. The highest BCUT2D eigenvalue weighted by Gasteiger charge is 2.35. The fourth-order valence-corrected chi connectivity index (χ4v) is 14.3. The SMILES string of the molecule is O=c1c2ccc3c4ccc5c6ccc7c8c(ccc(c9ccc(c%10ccc(c2c3%10)c2nc3cccc%10cccc(c%103)n12)c4c59)c86)-c1c(-c2ccccc2)c(-c2ccccc2)c(-c2ccccc2)c(-c2ccccc2)c1-7. The maximum Gasteiger partial charge on any atom is 0.264 e. The van der Waals surface area contributed by atoms with Crippen LogP contribution < -0.4 is 5.56 Å². The number of nitrogens with zero attached hydrogens (tertiary/aromatic N) is 2. The van der Waals surface area contributed by atoms with Gasteiger partial charge in [-0.15, -0.1) is 0 Å². The van der Waals surface area contributed by atoms with E-state index in [9.17, 15) is 4.79 Å². The predicted octanol–water partition coefficient (Wildman–Crippen LogP) is 18.9. The first-order chi connectivity index (χ1) is 37.2. The van der Waals surface area contributed by atoms with Crippen molar-refractivity contribution in [3.05, 3.63) is 241 Å². The topological polar surface area (TPSA) is 34.4 Å². The van der Waals surface area contributed by atoms with Crippen molar-refractivity contribution in [2.75, 3.05) is 0 Å². The predicted molar refractivity (Wildman–Crippen MR) is 316 cm³/mol. The summed E-state index contributed by atoms with van der Waals surface area (Å²) < 4.78 is 1.84. The van der Waals surface area contributed by atoms with E-state index in [1.165, 1.54) is 121 Å². The van der Waals surface area contributed by atoms with Crippen LogP contribution in [-0.2, 0) is 0 Å². The molecule has 75 heavy (non-hydrogen) atoms. The van der Waals surface area contributed by atoms with Gasteiger partial charge in [0.1, 0.15) is 5.65 Å². The van der Waals surface area contributed by atoms with Crippen LogP contribution in [-0.4, -0.2) is 9.38 Å². The smallest absolute Gasteiger partial charge is 0.264 e. The molecule has 0 saturated heterocycles. The molecule has 1 aliphatic rings. The molecule has 0 aliphatic heterocycles. The summed E-state index contributed by atoms with van der Waals surface area (Å²) in [5, 5.41) is 20.8. The summed E-state index contributed by atoms with van der Waals surface area (Å²) in [6, 6.07) is 84.5. The fraction of sp³-hybridized carbons (Fsp3) is 0. The summed E-state index contributed by atoms with van der Waals surface area (Å²) in [4.78, 5) is 20.2. The standard InChI is InChI=1S/C72H38N2O/c75-72-55-38-34-51-47-30-28-45-49-32-36-53-67-52(69-61(42-19-9-3-10-20-42)59(40-15-5-1-6-16-40)60(41-17-7-2-8-18-41)62(70(53)69)43-21-11-4-12-22-43)35-31-48(65(49)67)44-27-29-46(64(47)63(44)45)50-33-37-54(68(55)66(50)51)71-73-56-25-13-23-39-24-14-26-57(58(39)56)74(71)72/h1-38H. The molecule has 2 aromatic heterocycles. The third kappa shape index (κ3) is 4.91. The molecule has 18 rings (SSSR count). The average Bonchev–Trinajstić information content (AvgIpc) is 3.84. The van der Waals surface area contributed by atoms with E-state index in [-0.39, 0.29) is 5.56 Å².